The molecule has 0 saturated carbocycles. The quantitative estimate of drug-likeness (QED) is 0.879. The van der Waals surface area contributed by atoms with Crippen LogP contribution in [-0.2, 0) is 4.79 Å². The molecule has 0 radical (unpaired) electrons. The smallest absolute Gasteiger partial charge is 0.258 e. The van der Waals surface area contributed by atoms with Crippen LogP contribution in [0.15, 0.2) is 18.2 Å². The highest BCUT2D eigenvalue weighted by Crippen LogP contribution is 2.26. The first-order valence-corrected chi connectivity index (χ1v) is 7.61. The Hall–Kier alpha value is -1.04. The van der Waals surface area contributed by atoms with E-state index in [1.165, 1.54) is 31.0 Å². The largest absolute Gasteiger partial charge is 0.484 e. The number of halogens is 3. The monoisotopic (exact) mass is 348 g/mol. The molecule has 2 atom stereocenters. The van der Waals surface area contributed by atoms with Gasteiger partial charge in [-0.15, -0.1) is 12.4 Å². The lowest BCUT2D eigenvalue weighted by molar-refractivity contribution is -0.124. The Bertz CT molecular complexity index is 532. The number of hydrogen-bond acceptors (Lipinski definition) is 3. The molecule has 2 N–H and O–H groups in total. The highest BCUT2D eigenvalue weighted by molar-refractivity contribution is 6.30. The van der Waals surface area contributed by atoms with E-state index in [1.54, 1.807) is 0 Å². The number of nitrogens with one attached hydrogen (secondary N) is 2. The van der Waals surface area contributed by atoms with E-state index < -0.39 is 5.82 Å². The average molecular weight is 349 g/mol. The van der Waals surface area contributed by atoms with Crippen molar-refractivity contribution >= 4 is 29.9 Å². The summed E-state index contributed by atoms with van der Waals surface area (Å²) in [5.74, 6) is -0.262. The maximum Gasteiger partial charge on any atom is 0.258 e. The zero-order chi connectivity index (χ0) is 14.8. The average Bonchev–Trinajstić information content (AvgIpc) is 2.79. The molecular weight excluding hydrogens is 330 g/mol. The predicted molar refractivity (Wildman–Crippen MR) is 85.3 cm³/mol. The molecule has 7 heteroatoms. The first-order valence-electron chi connectivity index (χ1n) is 7.23. The number of amides is 1. The summed E-state index contributed by atoms with van der Waals surface area (Å²) in [5.41, 5.74) is 0. The molecule has 2 bridgehead atoms. The lowest BCUT2D eigenvalue weighted by Gasteiger charge is -2.29. The fourth-order valence-corrected chi connectivity index (χ4v) is 3.33. The molecule has 1 aromatic carbocycles. The molecule has 2 fully saturated rings. The summed E-state index contributed by atoms with van der Waals surface area (Å²) in [6.45, 7) is -0.0821. The van der Waals surface area contributed by atoms with E-state index in [0.717, 1.165) is 12.8 Å². The first kappa shape index (κ1) is 17.3. The van der Waals surface area contributed by atoms with Gasteiger partial charge in [0, 0.05) is 24.2 Å². The number of carbonyl (C=O) groups excluding carboxylic acids is 1. The maximum atomic E-state index is 13.0. The number of benzene rings is 1. The Morgan fingerprint density at radius 3 is 2.68 bits per heavy atom. The third-order valence-electron chi connectivity index (χ3n) is 4.10. The molecule has 1 aromatic rings. The van der Waals surface area contributed by atoms with Gasteiger partial charge in [0.1, 0.15) is 11.6 Å². The van der Waals surface area contributed by atoms with Crippen LogP contribution in [0.3, 0.4) is 0 Å². The maximum absolute atomic E-state index is 13.0. The summed E-state index contributed by atoms with van der Waals surface area (Å²) in [4.78, 5) is 11.9. The molecule has 2 aliphatic heterocycles. The van der Waals surface area contributed by atoms with Crippen molar-refractivity contribution < 1.29 is 13.9 Å². The minimum Gasteiger partial charge on any atom is -0.484 e. The molecule has 1 amide bonds. The molecule has 22 heavy (non-hydrogen) atoms. The molecule has 2 unspecified atom stereocenters. The van der Waals surface area contributed by atoms with Gasteiger partial charge in [0.25, 0.3) is 5.91 Å². The Morgan fingerprint density at radius 1 is 1.36 bits per heavy atom. The van der Waals surface area contributed by atoms with Gasteiger partial charge in [-0.2, -0.15) is 0 Å². The van der Waals surface area contributed by atoms with Gasteiger partial charge in [0.05, 0.1) is 5.02 Å². The SMILES string of the molecule is Cl.O=C(COc1ccc(F)c(Cl)c1)NC1CC2CCC(C1)N2. The van der Waals surface area contributed by atoms with Crippen molar-refractivity contribution in [2.75, 3.05) is 6.61 Å². The highest BCUT2D eigenvalue weighted by Gasteiger charge is 2.33. The van der Waals surface area contributed by atoms with Crippen LogP contribution in [-0.4, -0.2) is 30.6 Å². The molecule has 122 valence electrons. The van der Waals surface area contributed by atoms with Crippen LogP contribution in [0.25, 0.3) is 0 Å². The van der Waals surface area contributed by atoms with Crippen molar-refractivity contribution in [3.63, 3.8) is 0 Å². The minimum atomic E-state index is -0.501. The Kier molecular flexibility index (Phi) is 5.89. The van der Waals surface area contributed by atoms with Crippen LogP contribution in [0, 0.1) is 5.82 Å². The van der Waals surface area contributed by atoms with Crippen molar-refractivity contribution in [1.82, 2.24) is 10.6 Å². The molecular formula is C15H19Cl2FN2O2. The number of piperidine rings is 1. The molecule has 2 heterocycles. The van der Waals surface area contributed by atoms with Gasteiger partial charge in [-0.05, 0) is 37.8 Å². The van der Waals surface area contributed by atoms with Crippen LogP contribution in [0.4, 0.5) is 4.39 Å². The molecule has 0 spiro atoms. The first-order chi connectivity index (χ1) is 10.1. The fraction of sp³-hybridized carbons (Fsp3) is 0.533. The minimum absolute atomic E-state index is 0. The second-order valence-electron chi connectivity index (χ2n) is 5.74. The summed E-state index contributed by atoms with van der Waals surface area (Å²) in [5, 5.41) is 6.52. The normalized spacial score (nSPS) is 26.2. The third kappa shape index (κ3) is 4.24. The summed E-state index contributed by atoms with van der Waals surface area (Å²) in [7, 11) is 0. The summed E-state index contributed by atoms with van der Waals surface area (Å²) >= 11 is 5.66. The molecule has 0 aliphatic carbocycles. The summed E-state index contributed by atoms with van der Waals surface area (Å²) < 4.78 is 18.3. The summed E-state index contributed by atoms with van der Waals surface area (Å²) in [6, 6.07) is 5.34. The lowest BCUT2D eigenvalue weighted by Crippen LogP contribution is -2.48. The topological polar surface area (TPSA) is 50.4 Å². The Labute approximate surface area is 140 Å². The van der Waals surface area contributed by atoms with Gasteiger partial charge in [0.2, 0.25) is 0 Å². The van der Waals surface area contributed by atoms with Gasteiger partial charge in [-0.1, -0.05) is 11.6 Å². The van der Waals surface area contributed by atoms with E-state index in [9.17, 15) is 9.18 Å². The standard InChI is InChI=1S/C15H18ClFN2O2.ClH/c16-13-7-12(3-4-14(13)17)21-8-15(20)19-11-5-9-1-2-10(6-11)18-9;/h3-4,7,9-11,18H,1-2,5-6,8H2,(H,19,20);1H. The van der Waals surface area contributed by atoms with Crippen LogP contribution in [0.5, 0.6) is 5.75 Å². The van der Waals surface area contributed by atoms with E-state index >= 15 is 0 Å². The third-order valence-corrected chi connectivity index (χ3v) is 4.39. The van der Waals surface area contributed by atoms with Crippen LogP contribution in [0.1, 0.15) is 25.7 Å². The Morgan fingerprint density at radius 2 is 2.05 bits per heavy atom. The number of rotatable bonds is 4. The molecule has 2 saturated heterocycles. The van der Waals surface area contributed by atoms with Crippen molar-refractivity contribution in [3.05, 3.63) is 29.0 Å². The second kappa shape index (κ2) is 7.49. The van der Waals surface area contributed by atoms with Crippen molar-refractivity contribution in [2.24, 2.45) is 0 Å². The van der Waals surface area contributed by atoms with Crippen molar-refractivity contribution in [2.45, 2.75) is 43.8 Å². The molecule has 3 rings (SSSR count). The molecule has 4 nitrogen and oxygen atoms in total. The van der Waals surface area contributed by atoms with Crippen LogP contribution < -0.4 is 15.4 Å². The Balaban J connectivity index is 0.00000176. The second-order valence-corrected chi connectivity index (χ2v) is 6.15. The van der Waals surface area contributed by atoms with Crippen molar-refractivity contribution in [1.29, 1.82) is 0 Å². The summed E-state index contributed by atoms with van der Waals surface area (Å²) in [6.07, 6.45) is 4.35. The number of carbonyl (C=O) groups is 1. The fourth-order valence-electron chi connectivity index (χ4n) is 3.16. The van der Waals surface area contributed by atoms with Crippen LogP contribution >= 0.6 is 24.0 Å². The van der Waals surface area contributed by atoms with Crippen molar-refractivity contribution in [3.8, 4) is 5.75 Å². The van der Waals surface area contributed by atoms with Gasteiger partial charge in [-0.3, -0.25) is 4.79 Å². The van der Waals surface area contributed by atoms with Gasteiger partial charge < -0.3 is 15.4 Å². The van der Waals surface area contributed by atoms with E-state index in [1.807, 2.05) is 0 Å². The lowest BCUT2D eigenvalue weighted by atomic mass is 10.00. The number of hydrogen-bond donors (Lipinski definition) is 2. The number of ether oxygens (including phenoxy) is 1. The van der Waals surface area contributed by atoms with E-state index in [4.69, 9.17) is 16.3 Å². The van der Waals surface area contributed by atoms with Gasteiger partial charge >= 0.3 is 0 Å². The van der Waals surface area contributed by atoms with Gasteiger partial charge in [-0.25, -0.2) is 4.39 Å². The molecule has 0 aromatic heterocycles. The highest BCUT2D eigenvalue weighted by atomic mass is 35.5. The zero-order valence-corrected chi connectivity index (χ0v) is 13.6. The van der Waals surface area contributed by atoms with E-state index in [-0.39, 0.29) is 36.0 Å². The van der Waals surface area contributed by atoms with E-state index in [2.05, 4.69) is 10.6 Å². The van der Waals surface area contributed by atoms with E-state index in [0.29, 0.717) is 17.8 Å². The van der Waals surface area contributed by atoms with Crippen LogP contribution in [0.2, 0.25) is 5.02 Å². The number of fused-ring (bicyclic) bond motifs is 2. The predicted octanol–water partition coefficient (Wildman–Crippen LogP) is 2.68. The molecule has 2 aliphatic rings. The zero-order valence-electron chi connectivity index (χ0n) is 12.0. The van der Waals surface area contributed by atoms with Gasteiger partial charge in [0.15, 0.2) is 6.61 Å².